The van der Waals surface area contributed by atoms with Crippen LogP contribution in [0.5, 0.6) is 0 Å². The molecule has 1 aliphatic carbocycles. The Morgan fingerprint density at radius 1 is 1.47 bits per heavy atom. The second-order valence-corrected chi connectivity index (χ2v) is 5.11. The van der Waals surface area contributed by atoms with Crippen molar-refractivity contribution in [2.24, 2.45) is 0 Å². The molecule has 1 amide bonds. The van der Waals surface area contributed by atoms with Crippen LogP contribution < -0.4 is 5.32 Å². The molecule has 0 aromatic carbocycles. The summed E-state index contributed by atoms with van der Waals surface area (Å²) in [7, 11) is 0. The first-order valence-electron chi connectivity index (χ1n) is 6.79. The maximum Gasteiger partial charge on any atom is 0.222 e. The minimum Gasteiger partial charge on any atom is -0.395 e. The first-order chi connectivity index (χ1) is 8.15. The summed E-state index contributed by atoms with van der Waals surface area (Å²) in [5.74, 6) is 0.203. The topological polar surface area (TPSA) is 52.6 Å². The minimum absolute atomic E-state index is 0.0759. The van der Waals surface area contributed by atoms with Crippen LogP contribution in [0.4, 0.5) is 0 Å². The zero-order chi connectivity index (χ0) is 12.7. The van der Waals surface area contributed by atoms with Crippen LogP contribution in [-0.2, 0) is 4.79 Å². The van der Waals surface area contributed by atoms with Gasteiger partial charge in [-0.15, -0.1) is 0 Å². The van der Waals surface area contributed by atoms with Gasteiger partial charge < -0.3 is 15.3 Å². The van der Waals surface area contributed by atoms with Crippen molar-refractivity contribution < 1.29 is 9.90 Å². The lowest BCUT2D eigenvalue weighted by Crippen LogP contribution is -2.45. The van der Waals surface area contributed by atoms with Gasteiger partial charge in [0.2, 0.25) is 5.91 Å². The number of hydrogen-bond donors (Lipinski definition) is 2. The summed E-state index contributed by atoms with van der Waals surface area (Å²) >= 11 is 0. The lowest BCUT2D eigenvalue weighted by Gasteiger charge is -2.37. The molecule has 1 fully saturated rings. The van der Waals surface area contributed by atoms with Gasteiger partial charge in [0.1, 0.15) is 0 Å². The molecule has 2 N–H and O–H groups in total. The first-order valence-corrected chi connectivity index (χ1v) is 6.79. The van der Waals surface area contributed by atoms with E-state index in [-0.39, 0.29) is 12.5 Å². The lowest BCUT2D eigenvalue weighted by molar-refractivity contribution is -0.136. The Labute approximate surface area is 104 Å². The highest BCUT2D eigenvalue weighted by atomic mass is 16.3. The van der Waals surface area contributed by atoms with Gasteiger partial charge in [-0.2, -0.15) is 0 Å². The van der Waals surface area contributed by atoms with Gasteiger partial charge in [0, 0.05) is 25.0 Å². The maximum atomic E-state index is 12.0. The van der Waals surface area contributed by atoms with Gasteiger partial charge >= 0.3 is 0 Å². The molecule has 17 heavy (non-hydrogen) atoms. The molecule has 0 saturated heterocycles. The highest BCUT2D eigenvalue weighted by Gasteiger charge is 2.27. The van der Waals surface area contributed by atoms with Gasteiger partial charge in [-0.25, -0.2) is 0 Å². The molecule has 0 aliphatic heterocycles. The molecule has 1 aliphatic rings. The molecule has 0 unspecified atom stereocenters. The number of carbonyl (C=O) groups excluding carboxylic acids is 1. The molecule has 0 radical (unpaired) electrons. The average molecular weight is 242 g/mol. The van der Waals surface area contributed by atoms with Gasteiger partial charge in [0.15, 0.2) is 0 Å². The van der Waals surface area contributed by atoms with E-state index >= 15 is 0 Å². The van der Waals surface area contributed by atoms with Gasteiger partial charge in [-0.1, -0.05) is 13.8 Å². The van der Waals surface area contributed by atoms with E-state index in [4.69, 9.17) is 5.11 Å². The van der Waals surface area contributed by atoms with E-state index < -0.39 is 0 Å². The van der Waals surface area contributed by atoms with E-state index in [9.17, 15) is 4.79 Å². The number of carbonyl (C=O) groups is 1. The molecule has 4 heteroatoms. The summed E-state index contributed by atoms with van der Waals surface area (Å²) in [4.78, 5) is 13.9. The Bertz CT molecular complexity index is 227. The average Bonchev–Trinajstić information content (AvgIpc) is 2.20. The van der Waals surface area contributed by atoms with Gasteiger partial charge in [0.25, 0.3) is 0 Å². The summed E-state index contributed by atoms with van der Waals surface area (Å²) in [6.45, 7) is 5.68. The Morgan fingerprint density at radius 3 is 2.65 bits per heavy atom. The highest BCUT2D eigenvalue weighted by molar-refractivity contribution is 5.76. The molecule has 4 nitrogen and oxygen atoms in total. The molecule has 0 bridgehead atoms. The maximum absolute atomic E-state index is 12.0. The van der Waals surface area contributed by atoms with Crippen LogP contribution in [0.3, 0.4) is 0 Å². The standard InChI is InChI=1S/C13H26N2O2/c1-11(2)14-8-4-7-13(17)15(9-10-16)12-5-3-6-12/h11-12,14,16H,3-10H2,1-2H3. The Kier molecular flexibility index (Phi) is 6.52. The quantitative estimate of drug-likeness (QED) is 0.628. The number of nitrogens with zero attached hydrogens (tertiary/aromatic N) is 1. The molecular formula is C13H26N2O2. The van der Waals surface area contributed by atoms with E-state index in [1.807, 2.05) is 4.90 Å². The number of aliphatic hydroxyl groups is 1. The smallest absolute Gasteiger partial charge is 0.222 e. The fraction of sp³-hybridized carbons (Fsp3) is 0.923. The Hall–Kier alpha value is -0.610. The van der Waals surface area contributed by atoms with Crippen LogP contribution in [0.2, 0.25) is 0 Å². The number of rotatable bonds is 8. The lowest BCUT2D eigenvalue weighted by atomic mass is 9.91. The van der Waals surface area contributed by atoms with Gasteiger partial charge in [0.05, 0.1) is 6.61 Å². The molecule has 0 aromatic rings. The second kappa shape index (κ2) is 7.67. The van der Waals surface area contributed by atoms with Gasteiger partial charge in [-0.3, -0.25) is 4.79 Å². The van der Waals surface area contributed by atoms with Crippen LogP contribution >= 0.6 is 0 Å². The van der Waals surface area contributed by atoms with Crippen molar-refractivity contribution in [2.45, 2.75) is 58.0 Å². The first kappa shape index (κ1) is 14.5. The summed E-state index contributed by atoms with van der Waals surface area (Å²) in [5, 5.41) is 12.3. The van der Waals surface area contributed by atoms with Crippen molar-refractivity contribution in [3.8, 4) is 0 Å². The third-order valence-electron chi connectivity index (χ3n) is 3.30. The fourth-order valence-corrected chi connectivity index (χ4v) is 2.09. The Balaban J connectivity index is 2.22. The number of nitrogens with one attached hydrogen (secondary N) is 1. The highest BCUT2D eigenvalue weighted by Crippen LogP contribution is 2.25. The number of amides is 1. The molecule has 1 rings (SSSR count). The number of hydrogen-bond acceptors (Lipinski definition) is 3. The molecule has 0 spiro atoms. The van der Waals surface area contributed by atoms with Crippen LogP contribution in [0, 0.1) is 0 Å². The SMILES string of the molecule is CC(C)NCCCC(=O)N(CCO)C1CCC1. The normalized spacial score (nSPS) is 16.0. The molecule has 0 heterocycles. The third kappa shape index (κ3) is 5.04. The Morgan fingerprint density at radius 2 is 2.18 bits per heavy atom. The zero-order valence-corrected chi connectivity index (χ0v) is 11.1. The fourth-order valence-electron chi connectivity index (χ4n) is 2.09. The molecule has 0 atom stereocenters. The van der Waals surface area contributed by atoms with Crippen molar-refractivity contribution in [1.82, 2.24) is 10.2 Å². The predicted octanol–water partition coefficient (Wildman–Crippen LogP) is 1.14. The van der Waals surface area contributed by atoms with Crippen LogP contribution in [0.15, 0.2) is 0 Å². The van der Waals surface area contributed by atoms with Gasteiger partial charge in [-0.05, 0) is 32.2 Å². The van der Waals surface area contributed by atoms with Crippen LogP contribution in [0.25, 0.3) is 0 Å². The van der Waals surface area contributed by atoms with Crippen molar-refractivity contribution in [3.63, 3.8) is 0 Å². The minimum atomic E-state index is 0.0759. The van der Waals surface area contributed by atoms with E-state index in [1.54, 1.807) is 0 Å². The van der Waals surface area contributed by atoms with Crippen molar-refractivity contribution in [2.75, 3.05) is 19.7 Å². The predicted molar refractivity (Wildman–Crippen MR) is 68.8 cm³/mol. The summed E-state index contributed by atoms with van der Waals surface area (Å²) < 4.78 is 0. The molecule has 100 valence electrons. The summed E-state index contributed by atoms with van der Waals surface area (Å²) in [6.07, 6.45) is 4.91. The van der Waals surface area contributed by atoms with Crippen LogP contribution in [0.1, 0.15) is 46.0 Å². The van der Waals surface area contributed by atoms with E-state index in [1.165, 1.54) is 6.42 Å². The zero-order valence-electron chi connectivity index (χ0n) is 11.1. The second-order valence-electron chi connectivity index (χ2n) is 5.11. The molecular weight excluding hydrogens is 216 g/mol. The largest absolute Gasteiger partial charge is 0.395 e. The van der Waals surface area contributed by atoms with Crippen LogP contribution in [-0.4, -0.2) is 47.7 Å². The van der Waals surface area contributed by atoms with Crippen molar-refractivity contribution >= 4 is 5.91 Å². The molecule has 1 saturated carbocycles. The van der Waals surface area contributed by atoms with E-state index in [2.05, 4.69) is 19.2 Å². The van der Waals surface area contributed by atoms with Crippen molar-refractivity contribution in [1.29, 1.82) is 0 Å². The summed E-state index contributed by atoms with van der Waals surface area (Å²) in [6, 6.07) is 0.873. The third-order valence-corrected chi connectivity index (χ3v) is 3.30. The molecule has 0 aromatic heterocycles. The number of aliphatic hydroxyl groups excluding tert-OH is 1. The van der Waals surface area contributed by atoms with E-state index in [0.717, 1.165) is 25.8 Å². The summed E-state index contributed by atoms with van der Waals surface area (Å²) in [5.41, 5.74) is 0. The monoisotopic (exact) mass is 242 g/mol. The van der Waals surface area contributed by atoms with E-state index in [0.29, 0.717) is 25.0 Å². The van der Waals surface area contributed by atoms with Crippen molar-refractivity contribution in [3.05, 3.63) is 0 Å².